The van der Waals surface area contributed by atoms with E-state index in [9.17, 15) is 9.59 Å². The summed E-state index contributed by atoms with van der Waals surface area (Å²) in [5.41, 5.74) is 2.20. The number of hydrogen-bond donors (Lipinski definition) is 2. The van der Waals surface area contributed by atoms with Crippen LogP contribution in [0.15, 0.2) is 29.8 Å². The zero-order chi connectivity index (χ0) is 27.5. The van der Waals surface area contributed by atoms with E-state index in [0.29, 0.717) is 32.8 Å². The third-order valence-corrected chi connectivity index (χ3v) is 7.91. The van der Waals surface area contributed by atoms with Gasteiger partial charge in [0.15, 0.2) is 10.8 Å². The molecule has 2 N–H and O–H groups in total. The molecule has 3 atom stereocenters. The van der Waals surface area contributed by atoms with Gasteiger partial charge in [0.05, 0.1) is 30.9 Å². The van der Waals surface area contributed by atoms with Crippen LogP contribution in [0.2, 0.25) is 4.34 Å². The molecule has 204 valence electrons. The molecule has 1 aliphatic carbocycles. The standard InChI is InChI=1S/C25H28ClN9O3S/c1-13(2)16(9-29-25(37)38-3)22-33-18-10-27-17(21-30-12-31-34-21)8-19(18)35(22)15-6-4-5-14(7-15)32-23(36)24-28-11-20(26)39-24/h8-16H,4-7H2,1-3H3,(H,32,36)(H,30,31,34)/b29-9+/t14-,15+,16?/m0/s1. The number of amides is 2. The lowest BCUT2D eigenvalue weighted by Crippen LogP contribution is -2.39. The van der Waals surface area contributed by atoms with Gasteiger partial charge in [-0.1, -0.05) is 36.8 Å². The van der Waals surface area contributed by atoms with Crippen LogP contribution >= 0.6 is 22.9 Å². The molecule has 4 aromatic heterocycles. The lowest BCUT2D eigenvalue weighted by atomic mass is 9.89. The molecule has 0 radical (unpaired) electrons. The predicted molar refractivity (Wildman–Crippen MR) is 147 cm³/mol. The summed E-state index contributed by atoms with van der Waals surface area (Å²) in [6.07, 6.45) is 8.99. The molecule has 4 aromatic rings. The maximum absolute atomic E-state index is 12.8. The van der Waals surface area contributed by atoms with Gasteiger partial charge in [-0.05, 0) is 37.7 Å². The number of aliphatic imine (C=N–C) groups is 1. The highest BCUT2D eigenvalue weighted by molar-refractivity contribution is 7.17. The van der Waals surface area contributed by atoms with Crippen molar-refractivity contribution in [2.75, 3.05) is 7.11 Å². The van der Waals surface area contributed by atoms with E-state index in [-0.39, 0.29) is 29.8 Å². The SMILES string of the molecule is COC(=O)/N=C/C(c1nc2cnc(-c3nc[nH]n3)cc2n1[C@@H]1CCC[C@H](NC(=O)c2ncc(Cl)s2)C1)C(C)C. The topological polar surface area (TPSA) is 153 Å². The van der Waals surface area contributed by atoms with Crippen LogP contribution in [0.4, 0.5) is 4.79 Å². The number of imidazole rings is 1. The second kappa shape index (κ2) is 11.6. The Morgan fingerprint density at radius 2 is 2.13 bits per heavy atom. The van der Waals surface area contributed by atoms with E-state index in [1.807, 2.05) is 6.07 Å². The molecule has 2 amide bonds. The van der Waals surface area contributed by atoms with Crippen molar-refractivity contribution in [1.82, 2.24) is 40.0 Å². The molecule has 39 heavy (non-hydrogen) atoms. The number of halogens is 1. The second-order valence-corrected chi connectivity index (χ2v) is 11.4. The van der Waals surface area contributed by atoms with Crippen LogP contribution in [0.1, 0.15) is 67.1 Å². The maximum Gasteiger partial charge on any atom is 0.432 e. The van der Waals surface area contributed by atoms with Crippen LogP contribution in [0, 0.1) is 5.92 Å². The predicted octanol–water partition coefficient (Wildman–Crippen LogP) is 4.82. The lowest BCUT2D eigenvalue weighted by Gasteiger charge is -2.33. The van der Waals surface area contributed by atoms with Crippen molar-refractivity contribution in [1.29, 1.82) is 0 Å². The Balaban J connectivity index is 1.54. The highest BCUT2D eigenvalue weighted by atomic mass is 35.5. The molecule has 12 nitrogen and oxygen atoms in total. The molecular weight excluding hydrogens is 542 g/mol. The van der Waals surface area contributed by atoms with E-state index >= 15 is 0 Å². The van der Waals surface area contributed by atoms with Crippen molar-refractivity contribution in [2.45, 2.75) is 57.5 Å². The first kappa shape index (κ1) is 26.9. The third-order valence-electron chi connectivity index (χ3n) is 6.80. The number of fused-ring (bicyclic) bond motifs is 1. The van der Waals surface area contributed by atoms with E-state index in [0.717, 1.165) is 41.9 Å². The van der Waals surface area contributed by atoms with Gasteiger partial charge in [-0.25, -0.2) is 19.7 Å². The Morgan fingerprint density at radius 3 is 2.82 bits per heavy atom. The fraction of sp³-hybridized carbons (Fsp3) is 0.440. The molecule has 0 aliphatic heterocycles. The minimum atomic E-state index is -0.667. The number of thiazole rings is 1. The Hall–Kier alpha value is -3.71. The fourth-order valence-corrected chi connectivity index (χ4v) is 5.77. The van der Waals surface area contributed by atoms with Crippen molar-refractivity contribution >= 4 is 52.2 Å². The smallest absolute Gasteiger partial charge is 0.432 e. The van der Waals surface area contributed by atoms with Crippen LogP contribution in [-0.4, -0.2) is 66.1 Å². The fourth-order valence-electron chi connectivity index (χ4n) is 4.96. The van der Waals surface area contributed by atoms with Gasteiger partial charge in [0.1, 0.15) is 27.7 Å². The van der Waals surface area contributed by atoms with E-state index in [2.05, 4.69) is 53.9 Å². The van der Waals surface area contributed by atoms with E-state index in [1.165, 1.54) is 19.6 Å². The number of nitrogens with zero attached hydrogens (tertiary/aromatic N) is 7. The largest absolute Gasteiger partial charge is 0.451 e. The average Bonchev–Trinajstić information content (AvgIpc) is 3.68. The zero-order valence-electron chi connectivity index (χ0n) is 21.7. The molecule has 1 saturated carbocycles. The number of aromatic amines is 1. The summed E-state index contributed by atoms with van der Waals surface area (Å²) in [6, 6.07) is 1.91. The highest BCUT2D eigenvalue weighted by Gasteiger charge is 2.31. The normalized spacial score (nSPS) is 18.6. The monoisotopic (exact) mass is 569 g/mol. The third kappa shape index (κ3) is 5.83. The molecular formula is C25H28ClN9O3S. The summed E-state index contributed by atoms with van der Waals surface area (Å²) in [5.74, 6) is 0.841. The Bertz CT molecular complexity index is 1500. The van der Waals surface area contributed by atoms with Crippen molar-refractivity contribution in [3.63, 3.8) is 0 Å². The van der Waals surface area contributed by atoms with E-state index in [4.69, 9.17) is 21.3 Å². The second-order valence-electron chi connectivity index (χ2n) is 9.70. The van der Waals surface area contributed by atoms with Crippen molar-refractivity contribution in [3.05, 3.63) is 40.0 Å². The van der Waals surface area contributed by atoms with Gasteiger partial charge >= 0.3 is 6.09 Å². The summed E-state index contributed by atoms with van der Waals surface area (Å²) < 4.78 is 7.40. The minimum absolute atomic E-state index is 0.0269. The number of ether oxygens (including phenoxy) is 1. The molecule has 1 aliphatic rings. The molecule has 5 rings (SSSR count). The number of carbonyl (C=O) groups is 2. The summed E-state index contributed by atoms with van der Waals surface area (Å²) in [4.78, 5) is 46.5. The molecule has 1 fully saturated rings. The molecule has 0 spiro atoms. The summed E-state index contributed by atoms with van der Waals surface area (Å²) in [6.45, 7) is 4.11. The minimum Gasteiger partial charge on any atom is -0.451 e. The van der Waals surface area contributed by atoms with Gasteiger partial charge in [-0.15, -0.1) is 0 Å². The highest BCUT2D eigenvalue weighted by Crippen LogP contribution is 2.37. The first-order valence-electron chi connectivity index (χ1n) is 12.6. The Labute approximate surface area is 233 Å². The van der Waals surface area contributed by atoms with E-state index in [1.54, 1.807) is 12.4 Å². The summed E-state index contributed by atoms with van der Waals surface area (Å²) >= 11 is 7.14. The zero-order valence-corrected chi connectivity index (χ0v) is 23.2. The molecule has 1 unspecified atom stereocenters. The van der Waals surface area contributed by atoms with Gasteiger partial charge < -0.3 is 14.6 Å². The van der Waals surface area contributed by atoms with Crippen molar-refractivity contribution in [3.8, 4) is 11.5 Å². The van der Waals surface area contributed by atoms with Gasteiger partial charge in [0, 0.05) is 18.3 Å². The summed E-state index contributed by atoms with van der Waals surface area (Å²) in [5, 5.41) is 10.4. The lowest BCUT2D eigenvalue weighted by molar-refractivity contribution is 0.0920. The van der Waals surface area contributed by atoms with Crippen LogP contribution in [0.25, 0.3) is 22.6 Å². The number of pyridine rings is 1. The number of nitrogens with one attached hydrogen (secondary N) is 2. The van der Waals surface area contributed by atoms with Gasteiger partial charge in [0.2, 0.25) is 0 Å². The molecule has 14 heteroatoms. The number of aromatic nitrogens is 7. The molecule has 0 aromatic carbocycles. The van der Waals surface area contributed by atoms with E-state index < -0.39 is 6.09 Å². The van der Waals surface area contributed by atoms with Crippen molar-refractivity contribution in [2.24, 2.45) is 10.9 Å². The number of hydrogen-bond acceptors (Lipinski definition) is 9. The van der Waals surface area contributed by atoms with Gasteiger partial charge in [-0.2, -0.15) is 10.1 Å². The van der Waals surface area contributed by atoms with Crippen LogP contribution in [-0.2, 0) is 4.74 Å². The first-order valence-corrected chi connectivity index (χ1v) is 13.8. The first-order chi connectivity index (χ1) is 18.8. The van der Waals surface area contributed by atoms with Crippen LogP contribution < -0.4 is 5.32 Å². The quantitative estimate of drug-likeness (QED) is 0.300. The maximum atomic E-state index is 12.8. The number of methoxy groups -OCH3 is 1. The van der Waals surface area contributed by atoms with Crippen LogP contribution in [0.3, 0.4) is 0 Å². The molecule has 4 heterocycles. The average molecular weight is 570 g/mol. The summed E-state index contributed by atoms with van der Waals surface area (Å²) in [7, 11) is 1.30. The Kier molecular flexibility index (Phi) is 7.98. The molecule has 0 saturated heterocycles. The van der Waals surface area contributed by atoms with Gasteiger partial charge in [-0.3, -0.25) is 14.9 Å². The number of H-pyrrole nitrogens is 1. The van der Waals surface area contributed by atoms with Crippen molar-refractivity contribution < 1.29 is 14.3 Å². The number of carbonyl (C=O) groups excluding carboxylic acids is 2. The van der Waals surface area contributed by atoms with Gasteiger partial charge in [0.25, 0.3) is 5.91 Å². The molecule has 0 bridgehead atoms. The number of rotatable bonds is 7. The Morgan fingerprint density at radius 1 is 1.28 bits per heavy atom. The van der Waals surface area contributed by atoms with Crippen LogP contribution in [0.5, 0.6) is 0 Å².